The highest BCUT2D eigenvalue weighted by atomic mass is 16.5. The molecule has 3 nitrogen and oxygen atoms in total. The van der Waals surface area contributed by atoms with E-state index in [1.54, 1.807) is 7.11 Å². The molecule has 0 amide bonds. The van der Waals surface area contributed by atoms with Crippen LogP contribution in [0.25, 0.3) is 16.9 Å². The highest BCUT2D eigenvalue weighted by molar-refractivity contribution is 5.59. The van der Waals surface area contributed by atoms with Gasteiger partial charge in [-0.25, -0.2) is 4.68 Å². The van der Waals surface area contributed by atoms with E-state index >= 15 is 0 Å². The minimum absolute atomic E-state index is 0.847. The van der Waals surface area contributed by atoms with Crippen LogP contribution in [-0.4, -0.2) is 16.9 Å². The van der Waals surface area contributed by atoms with Gasteiger partial charge in [-0.1, -0.05) is 29.8 Å². The van der Waals surface area contributed by atoms with E-state index in [0.717, 1.165) is 22.7 Å². The Kier molecular flexibility index (Phi) is 3.25. The Morgan fingerprint density at radius 3 is 2.25 bits per heavy atom. The Balaban J connectivity index is 1.91. The molecule has 0 atom stereocenters. The lowest BCUT2D eigenvalue weighted by atomic mass is 10.1. The van der Waals surface area contributed by atoms with Crippen LogP contribution in [0.2, 0.25) is 0 Å². The summed E-state index contributed by atoms with van der Waals surface area (Å²) in [6.07, 6.45) is 1.97. The molecule has 0 spiro atoms. The second-order valence-electron chi connectivity index (χ2n) is 4.71. The zero-order valence-electron chi connectivity index (χ0n) is 11.6. The van der Waals surface area contributed by atoms with Crippen molar-refractivity contribution in [1.29, 1.82) is 0 Å². The number of hydrogen-bond acceptors (Lipinski definition) is 2. The molecule has 0 unspecified atom stereocenters. The predicted molar refractivity (Wildman–Crippen MR) is 80.3 cm³/mol. The Bertz CT molecular complexity index is 697. The molecule has 2 aromatic carbocycles. The predicted octanol–water partition coefficient (Wildman–Crippen LogP) is 3.86. The number of aromatic nitrogens is 2. The van der Waals surface area contributed by atoms with Gasteiger partial charge in [-0.3, -0.25) is 0 Å². The summed E-state index contributed by atoms with van der Waals surface area (Å²) < 4.78 is 7.03. The zero-order valence-corrected chi connectivity index (χ0v) is 11.6. The fourth-order valence-corrected chi connectivity index (χ4v) is 2.08. The molecule has 1 heterocycles. The van der Waals surface area contributed by atoms with Crippen molar-refractivity contribution in [2.45, 2.75) is 6.92 Å². The number of nitrogens with zero attached hydrogens (tertiary/aromatic N) is 2. The Labute approximate surface area is 118 Å². The van der Waals surface area contributed by atoms with Gasteiger partial charge >= 0.3 is 0 Å². The van der Waals surface area contributed by atoms with E-state index in [9.17, 15) is 0 Å². The molecule has 0 radical (unpaired) electrons. The van der Waals surface area contributed by atoms with Crippen molar-refractivity contribution in [3.63, 3.8) is 0 Å². The summed E-state index contributed by atoms with van der Waals surface area (Å²) >= 11 is 0. The normalized spacial score (nSPS) is 10.5. The third-order valence-electron chi connectivity index (χ3n) is 3.27. The first-order valence-corrected chi connectivity index (χ1v) is 6.53. The van der Waals surface area contributed by atoms with Crippen molar-refractivity contribution in [3.05, 3.63) is 66.4 Å². The van der Waals surface area contributed by atoms with E-state index in [4.69, 9.17) is 4.74 Å². The Morgan fingerprint density at radius 1 is 0.900 bits per heavy atom. The van der Waals surface area contributed by atoms with E-state index in [-0.39, 0.29) is 0 Å². The highest BCUT2D eigenvalue weighted by Gasteiger charge is 2.03. The molecule has 3 rings (SSSR count). The molecular weight excluding hydrogens is 248 g/mol. The molecule has 20 heavy (non-hydrogen) atoms. The first-order chi connectivity index (χ1) is 9.76. The number of aryl methyl sites for hydroxylation is 1. The lowest BCUT2D eigenvalue weighted by Gasteiger charge is -2.03. The van der Waals surface area contributed by atoms with Gasteiger partial charge in [0.1, 0.15) is 5.75 Å². The molecule has 0 fully saturated rings. The average Bonchev–Trinajstić information content (AvgIpc) is 2.98. The maximum atomic E-state index is 5.16. The lowest BCUT2D eigenvalue weighted by molar-refractivity contribution is 0.414. The van der Waals surface area contributed by atoms with E-state index < -0.39 is 0 Å². The average molecular weight is 264 g/mol. The molecule has 0 aliphatic rings. The van der Waals surface area contributed by atoms with Crippen LogP contribution in [0.4, 0.5) is 0 Å². The van der Waals surface area contributed by atoms with Gasteiger partial charge in [0.05, 0.1) is 18.5 Å². The maximum Gasteiger partial charge on any atom is 0.119 e. The van der Waals surface area contributed by atoms with E-state index in [1.807, 2.05) is 41.2 Å². The summed E-state index contributed by atoms with van der Waals surface area (Å²) in [5.74, 6) is 0.847. The molecule has 0 saturated heterocycles. The van der Waals surface area contributed by atoms with Crippen LogP contribution in [0.15, 0.2) is 60.8 Å². The largest absolute Gasteiger partial charge is 0.497 e. The van der Waals surface area contributed by atoms with E-state index in [2.05, 4.69) is 36.3 Å². The van der Waals surface area contributed by atoms with Gasteiger partial charge in [-0.2, -0.15) is 5.10 Å². The Morgan fingerprint density at radius 2 is 1.60 bits per heavy atom. The van der Waals surface area contributed by atoms with Gasteiger partial charge in [-0.15, -0.1) is 0 Å². The molecule has 0 saturated carbocycles. The second-order valence-corrected chi connectivity index (χ2v) is 4.71. The molecule has 0 aliphatic carbocycles. The first-order valence-electron chi connectivity index (χ1n) is 6.53. The highest BCUT2D eigenvalue weighted by Crippen LogP contribution is 2.20. The van der Waals surface area contributed by atoms with Gasteiger partial charge < -0.3 is 4.74 Å². The van der Waals surface area contributed by atoms with Crippen LogP contribution in [0.1, 0.15) is 5.56 Å². The molecule has 3 heteroatoms. The van der Waals surface area contributed by atoms with Crippen molar-refractivity contribution in [1.82, 2.24) is 9.78 Å². The lowest BCUT2D eigenvalue weighted by Crippen LogP contribution is -1.95. The monoisotopic (exact) mass is 264 g/mol. The molecule has 0 N–H and O–H groups in total. The van der Waals surface area contributed by atoms with Crippen molar-refractivity contribution >= 4 is 0 Å². The molecular formula is C17H16N2O. The summed E-state index contributed by atoms with van der Waals surface area (Å²) in [5.41, 5.74) is 4.37. The molecule has 0 aliphatic heterocycles. The minimum Gasteiger partial charge on any atom is -0.497 e. The van der Waals surface area contributed by atoms with Crippen LogP contribution in [0, 0.1) is 6.92 Å². The zero-order chi connectivity index (χ0) is 13.9. The summed E-state index contributed by atoms with van der Waals surface area (Å²) in [6, 6.07) is 18.3. The molecule has 0 bridgehead atoms. The summed E-state index contributed by atoms with van der Waals surface area (Å²) in [7, 11) is 1.67. The van der Waals surface area contributed by atoms with Gasteiger partial charge in [-0.05, 0) is 37.3 Å². The van der Waals surface area contributed by atoms with Crippen LogP contribution in [0.5, 0.6) is 5.75 Å². The van der Waals surface area contributed by atoms with Crippen molar-refractivity contribution in [2.24, 2.45) is 0 Å². The standard InChI is InChI=1S/C17H16N2O/c1-13-3-5-14(6-4-13)17-11-12-19(18-17)15-7-9-16(20-2)10-8-15/h3-12H,1-2H3. The third kappa shape index (κ3) is 2.43. The summed E-state index contributed by atoms with van der Waals surface area (Å²) in [6.45, 7) is 2.08. The number of rotatable bonds is 3. The number of hydrogen-bond donors (Lipinski definition) is 0. The number of benzene rings is 2. The quantitative estimate of drug-likeness (QED) is 0.718. The number of ether oxygens (including phenoxy) is 1. The van der Waals surface area contributed by atoms with Crippen molar-refractivity contribution < 1.29 is 4.74 Å². The van der Waals surface area contributed by atoms with Crippen molar-refractivity contribution in [2.75, 3.05) is 7.11 Å². The summed E-state index contributed by atoms with van der Waals surface area (Å²) in [5, 5.41) is 4.61. The summed E-state index contributed by atoms with van der Waals surface area (Å²) in [4.78, 5) is 0. The van der Waals surface area contributed by atoms with Gasteiger partial charge in [0.25, 0.3) is 0 Å². The Hall–Kier alpha value is -2.55. The van der Waals surface area contributed by atoms with Gasteiger partial charge in [0.2, 0.25) is 0 Å². The van der Waals surface area contributed by atoms with E-state index in [1.165, 1.54) is 5.56 Å². The SMILES string of the molecule is COc1ccc(-n2ccc(-c3ccc(C)cc3)n2)cc1. The smallest absolute Gasteiger partial charge is 0.119 e. The fourth-order valence-electron chi connectivity index (χ4n) is 2.08. The number of methoxy groups -OCH3 is 1. The first kappa shape index (κ1) is 12.5. The molecule has 1 aromatic heterocycles. The fraction of sp³-hybridized carbons (Fsp3) is 0.118. The van der Waals surface area contributed by atoms with Crippen molar-refractivity contribution in [3.8, 4) is 22.7 Å². The van der Waals surface area contributed by atoms with Gasteiger partial charge in [0, 0.05) is 11.8 Å². The third-order valence-corrected chi connectivity index (χ3v) is 3.27. The molecule has 100 valence electrons. The van der Waals surface area contributed by atoms with Crippen LogP contribution in [-0.2, 0) is 0 Å². The van der Waals surface area contributed by atoms with Crippen LogP contribution < -0.4 is 4.74 Å². The maximum absolute atomic E-state index is 5.16. The second kappa shape index (κ2) is 5.21. The van der Waals surface area contributed by atoms with Crippen LogP contribution >= 0.6 is 0 Å². The van der Waals surface area contributed by atoms with E-state index in [0.29, 0.717) is 0 Å². The van der Waals surface area contributed by atoms with Crippen LogP contribution in [0.3, 0.4) is 0 Å². The van der Waals surface area contributed by atoms with Gasteiger partial charge in [0.15, 0.2) is 0 Å². The minimum atomic E-state index is 0.847. The molecule has 3 aromatic rings. The topological polar surface area (TPSA) is 27.1 Å².